The Morgan fingerprint density at radius 1 is 1.09 bits per heavy atom. The van der Waals surface area contributed by atoms with Gasteiger partial charge < -0.3 is 5.32 Å². The summed E-state index contributed by atoms with van der Waals surface area (Å²) in [4.78, 5) is 0. The molecule has 0 radical (unpaired) electrons. The summed E-state index contributed by atoms with van der Waals surface area (Å²) in [5.74, 6) is 0.497. The minimum Gasteiger partial charge on any atom is -0.315 e. The minimum absolute atomic E-state index is 0. The van der Waals surface area contributed by atoms with Crippen LogP contribution < -0.4 is 5.32 Å². The molecule has 3 aliphatic heterocycles. The number of nitrogens with one attached hydrogen (secondary N) is 1. The van der Waals surface area contributed by atoms with Gasteiger partial charge in [0.15, 0.2) is 0 Å². The van der Waals surface area contributed by atoms with Gasteiger partial charge in [-0.25, -0.2) is 0 Å². The number of hydrogen-bond acceptors (Lipinski definition) is 3. The highest BCUT2D eigenvalue weighted by Crippen LogP contribution is 2.32. The normalized spacial score (nSPS) is 28.9. The van der Waals surface area contributed by atoms with Gasteiger partial charge in [-0.05, 0) is 36.4 Å². The lowest BCUT2D eigenvalue weighted by molar-refractivity contribution is 0.312. The lowest BCUT2D eigenvalue weighted by atomic mass is 10.0. The number of benzene rings is 1. The van der Waals surface area contributed by atoms with Crippen molar-refractivity contribution in [2.75, 3.05) is 26.2 Å². The van der Waals surface area contributed by atoms with E-state index in [2.05, 4.69) is 11.4 Å². The molecule has 2 saturated heterocycles. The average molecular weight is 344 g/mol. The summed E-state index contributed by atoms with van der Waals surface area (Å²) >= 11 is 0. The molecule has 1 aromatic carbocycles. The van der Waals surface area contributed by atoms with E-state index in [1.54, 1.807) is 8.61 Å². The van der Waals surface area contributed by atoms with Gasteiger partial charge in [0, 0.05) is 32.2 Å². The average Bonchev–Trinajstić information content (AvgIpc) is 3.09. The molecule has 3 heterocycles. The maximum atomic E-state index is 13.0. The summed E-state index contributed by atoms with van der Waals surface area (Å²) in [6, 6.07) is 8.32. The van der Waals surface area contributed by atoms with Crippen LogP contribution in [0, 0.1) is 5.92 Å². The van der Waals surface area contributed by atoms with Gasteiger partial charge in [0.25, 0.3) is 10.2 Å². The maximum absolute atomic E-state index is 13.0. The zero-order chi connectivity index (χ0) is 14.4. The Labute approximate surface area is 138 Å². The van der Waals surface area contributed by atoms with E-state index in [1.807, 2.05) is 18.2 Å². The van der Waals surface area contributed by atoms with Crippen molar-refractivity contribution in [2.45, 2.75) is 25.4 Å². The molecule has 1 N–H and O–H groups in total. The largest absolute Gasteiger partial charge is 0.315 e. The Morgan fingerprint density at radius 3 is 2.68 bits per heavy atom. The summed E-state index contributed by atoms with van der Waals surface area (Å²) < 4.78 is 29.3. The molecular formula is C15H22ClN3O2S. The van der Waals surface area contributed by atoms with Crippen molar-refractivity contribution in [3.63, 3.8) is 0 Å². The molecule has 0 amide bonds. The van der Waals surface area contributed by atoms with Crippen LogP contribution in [0.5, 0.6) is 0 Å². The van der Waals surface area contributed by atoms with Crippen molar-refractivity contribution in [3.05, 3.63) is 35.4 Å². The second-order valence-electron chi connectivity index (χ2n) is 6.25. The number of fused-ring (bicyclic) bond motifs is 2. The molecule has 0 bridgehead atoms. The van der Waals surface area contributed by atoms with E-state index >= 15 is 0 Å². The Morgan fingerprint density at radius 2 is 1.86 bits per heavy atom. The number of hydrogen-bond donors (Lipinski definition) is 1. The molecule has 122 valence electrons. The molecule has 4 rings (SSSR count). The Hall–Kier alpha value is -0.660. The zero-order valence-corrected chi connectivity index (χ0v) is 14.1. The first-order chi connectivity index (χ1) is 10.2. The molecule has 7 heteroatoms. The van der Waals surface area contributed by atoms with Gasteiger partial charge in [-0.15, -0.1) is 12.4 Å². The van der Waals surface area contributed by atoms with Crippen molar-refractivity contribution in [3.8, 4) is 0 Å². The van der Waals surface area contributed by atoms with E-state index in [0.717, 1.165) is 31.5 Å². The molecule has 2 atom stereocenters. The standard InChI is InChI=1S/C15H21N3O2S.ClH/c19-21(20,18-8-6-13-9-16-10-15(13)18)17-7-5-12-3-1-2-4-14(12)11-17;/h1-4,13,15-16H,5-11H2;1H/t13-,15+;/m0./s1. The quantitative estimate of drug-likeness (QED) is 0.871. The van der Waals surface area contributed by atoms with Crippen molar-refractivity contribution < 1.29 is 8.42 Å². The summed E-state index contributed by atoms with van der Waals surface area (Å²) in [6.07, 6.45) is 1.80. The molecule has 5 nitrogen and oxygen atoms in total. The molecule has 0 spiro atoms. The molecule has 22 heavy (non-hydrogen) atoms. The third-order valence-corrected chi connectivity index (χ3v) is 7.12. The van der Waals surface area contributed by atoms with Crippen LogP contribution in [0.25, 0.3) is 0 Å². The minimum atomic E-state index is -3.33. The topological polar surface area (TPSA) is 52.7 Å². The van der Waals surface area contributed by atoms with Crippen LogP contribution in [0.15, 0.2) is 24.3 Å². The third-order valence-electron chi connectivity index (χ3n) is 5.11. The number of rotatable bonds is 2. The molecule has 0 saturated carbocycles. The second kappa shape index (κ2) is 6.09. The van der Waals surface area contributed by atoms with Crippen molar-refractivity contribution >= 4 is 22.6 Å². The molecule has 1 aromatic rings. The predicted octanol–water partition coefficient (Wildman–Crippen LogP) is 1.00. The molecule has 0 unspecified atom stereocenters. The molecule has 3 aliphatic rings. The Bertz CT molecular complexity index is 652. The van der Waals surface area contributed by atoms with Crippen LogP contribution in [-0.4, -0.2) is 49.2 Å². The first-order valence-electron chi connectivity index (χ1n) is 7.71. The molecular weight excluding hydrogens is 322 g/mol. The van der Waals surface area contributed by atoms with Gasteiger partial charge in [0.05, 0.1) is 0 Å². The van der Waals surface area contributed by atoms with Crippen LogP contribution in [0.1, 0.15) is 17.5 Å². The van der Waals surface area contributed by atoms with Crippen LogP contribution in [-0.2, 0) is 23.2 Å². The van der Waals surface area contributed by atoms with E-state index in [9.17, 15) is 8.42 Å². The fraction of sp³-hybridized carbons (Fsp3) is 0.600. The Balaban J connectivity index is 0.00000144. The monoisotopic (exact) mass is 343 g/mol. The zero-order valence-electron chi connectivity index (χ0n) is 12.4. The second-order valence-corrected chi connectivity index (χ2v) is 8.13. The fourth-order valence-corrected chi connectivity index (χ4v) is 5.76. The summed E-state index contributed by atoms with van der Waals surface area (Å²) in [5.41, 5.74) is 2.43. The van der Waals surface area contributed by atoms with Gasteiger partial charge in [0.1, 0.15) is 0 Å². The smallest absolute Gasteiger partial charge is 0.282 e. The first-order valence-corrected chi connectivity index (χ1v) is 9.10. The van der Waals surface area contributed by atoms with Crippen LogP contribution in [0.4, 0.5) is 0 Å². The lowest BCUT2D eigenvalue weighted by Gasteiger charge is -2.33. The predicted molar refractivity (Wildman–Crippen MR) is 88.2 cm³/mol. The maximum Gasteiger partial charge on any atom is 0.282 e. The van der Waals surface area contributed by atoms with E-state index < -0.39 is 10.2 Å². The van der Waals surface area contributed by atoms with Crippen LogP contribution in [0.2, 0.25) is 0 Å². The van der Waals surface area contributed by atoms with E-state index in [0.29, 0.717) is 25.6 Å². The van der Waals surface area contributed by atoms with Gasteiger partial charge >= 0.3 is 0 Å². The van der Waals surface area contributed by atoms with Gasteiger partial charge in [-0.1, -0.05) is 24.3 Å². The van der Waals surface area contributed by atoms with E-state index in [-0.39, 0.29) is 18.4 Å². The first kappa shape index (κ1) is 16.2. The molecule has 0 aliphatic carbocycles. The highest BCUT2D eigenvalue weighted by atomic mass is 35.5. The molecule has 0 aromatic heterocycles. The van der Waals surface area contributed by atoms with Gasteiger partial charge in [0.2, 0.25) is 0 Å². The lowest BCUT2D eigenvalue weighted by Crippen LogP contribution is -2.49. The summed E-state index contributed by atoms with van der Waals surface area (Å²) in [5, 5.41) is 3.32. The highest BCUT2D eigenvalue weighted by molar-refractivity contribution is 7.86. The fourth-order valence-electron chi connectivity index (χ4n) is 3.91. The van der Waals surface area contributed by atoms with Crippen LogP contribution >= 0.6 is 12.4 Å². The van der Waals surface area contributed by atoms with Crippen molar-refractivity contribution in [2.24, 2.45) is 5.92 Å². The summed E-state index contributed by atoms with van der Waals surface area (Å²) in [7, 11) is -3.33. The number of nitrogens with zero attached hydrogens (tertiary/aromatic N) is 2. The SMILES string of the molecule is Cl.O=S(=O)(N1CCc2ccccc2C1)N1CC[C@H]2CNC[C@H]21. The number of halogens is 1. The highest BCUT2D eigenvalue weighted by Gasteiger charge is 2.45. The van der Waals surface area contributed by atoms with Gasteiger partial charge in [-0.2, -0.15) is 17.0 Å². The van der Waals surface area contributed by atoms with Crippen LogP contribution in [0.3, 0.4) is 0 Å². The van der Waals surface area contributed by atoms with E-state index in [1.165, 1.54) is 5.56 Å². The van der Waals surface area contributed by atoms with Gasteiger partial charge in [-0.3, -0.25) is 0 Å². The van der Waals surface area contributed by atoms with Crippen molar-refractivity contribution in [1.29, 1.82) is 0 Å². The summed E-state index contributed by atoms with van der Waals surface area (Å²) in [6.45, 7) is 3.55. The van der Waals surface area contributed by atoms with E-state index in [4.69, 9.17) is 0 Å². The Kier molecular flexibility index (Phi) is 4.49. The van der Waals surface area contributed by atoms with Crippen molar-refractivity contribution in [1.82, 2.24) is 13.9 Å². The molecule has 2 fully saturated rings. The third kappa shape index (κ3) is 2.57.